The average Bonchev–Trinajstić information content (AvgIpc) is 3.15. The number of hydrogen-bond acceptors (Lipinski definition) is 7. The highest BCUT2D eigenvalue weighted by atomic mass is 32.2. The van der Waals surface area contributed by atoms with Crippen LogP contribution in [0.15, 0.2) is 41.3 Å². The van der Waals surface area contributed by atoms with Crippen LogP contribution in [0.1, 0.15) is 25.0 Å². The summed E-state index contributed by atoms with van der Waals surface area (Å²) in [5, 5.41) is 29.8. The number of hydrogen-bond donors (Lipinski definition) is 2. The van der Waals surface area contributed by atoms with Crippen molar-refractivity contribution in [3.8, 4) is 17.6 Å². The molecule has 0 unspecified atom stereocenters. The van der Waals surface area contributed by atoms with E-state index in [4.69, 9.17) is 14.7 Å². The first-order valence-electron chi connectivity index (χ1n) is 10.7. The number of nitriles is 1. The third-order valence-electron chi connectivity index (χ3n) is 5.51. The van der Waals surface area contributed by atoms with Crippen molar-refractivity contribution in [1.29, 1.82) is 5.26 Å². The van der Waals surface area contributed by atoms with E-state index in [1.807, 2.05) is 13.8 Å². The molecule has 0 saturated carbocycles. The number of aliphatic hydroxyl groups is 2. The van der Waals surface area contributed by atoms with E-state index in [1.54, 1.807) is 6.07 Å². The maximum atomic E-state index is 14.3. The first-order valence-corrected chi connectivity index (χ1v) is 12.2. The molecular formula is C23H24F4N2O6S. The van der Waals surface area contributed by atoms with E-state index in [0.717, 1.165) is 28.6 Å². The highest BCUT2D eigenvalue weighted by Crippen LogP contribution is 2.37. The molecule has 0 radical (unpaired) electrons. The van der Waals surface area contributed by atoms with Gasteiger partial charge in [-0.05, 0) is 30.2 Å². The van der Waals surface area contributed by atoms with Gasteiger partial charge in [0.2, 0.25) is 10.0 Å². The Morgan fingerprint density at radius 2 is 1.86 bits per heavy atom. The van der Waals surface area contributed by atoms with Crippen LogP contribution in [0.5, 0.6) is 11.5 Å². The summed E-state index contributed by atoms with van der Waals surface area (Å²) >= 11 is 0. The molecule has 1 aliphatic rings. The second kappa shape index (κ2) is 10.2. The van der Waals surface area contributed by atoms with Gasteiger partial charge in [-0.25, -0.2) is 12.8 Å². The van der Waals surface area contributed by atoms with Crippen molar-refractivity contribution in [1.82, 2.24) is 4.31 Å². The summed E-state index contributed by atoms with van der Waals surface area (Å²) in [6.07, 6.45) is -6.06. The Hall–Kier alpha value is -2.92. The van der Waals surface area contributed by atoms with Gasteiger partial charge >= 0.3 is 6.18 Å². The van der Waals surface area contributed by atoms with Gasteiger partial charge in [0.25, 0.3) is 0 Å². The number of aliphatic hydroxyl groups excluding tert-OH is 1. The second-order valence-electron chi connectivity index (χ2n) is 8.78. The minimum atomic E-state index is -4.66. The molecule has 13 heteroatoms. The molecule has 0 spiro atoms. The van der Waals surface area contributed by atoms with Crippen LogP contribution in [0, 0.1) is 23.1 Å². The number of halogens is 4. The fraction of sp³-hybridized carbons (Fsp3) is 0.435. The Labute approximate surface area is 205 Å². The number of β-amino-alcohol motifs (C(OH)–C–C–N with tert-alkyl or cyclic N) is 1. The number of alkyl halides is 3. The smallest absolute Gasteiger partial charge is 0.416 e. The fourth-order valence-corrected chi connectivity index (χ4v) is 5.01. The third kappa shape index (κ3) is 5.73. The normalized spacial score (nSPS) is 20.9. The summed E-state index contributed by atoms with van der Waals surface area (Å²) in [5.41, 5.74) is -3.48. The molecule has 1 saturated heterocycles. The van der Waals surface area contributed by atoms with Gasteiger partial charge in [-0.3, -0.25) is 0 Å². The summed E-state index contributed by atoms with van der Waals surface area (Å²) in [4.78, 5) is -0.457. The highest BCUT2D eigenvalue weighted by Gasteiger charge is 2.51. The van der Waals surface area contributed by atoms with E-state index in [0.29, 0.717) is 12.1 Å². The van der Waals surface area contributed by atoms with Crippen LogP contribution < -0.4 is 9.47 Å². The average molecular weight is 533 g/mol. The maximum Gasteiger partial charge on any atom is 0.416 e. The van der Waals surface area contributed by atoms with Crippen LogP contribution in [0.3, 0.4) is 0 Å². The lowest BCUT2D eigenvalue weighted by molar-refractivity contribution is -0.137. The van der Waals surface area contributed by atoms with Gasteiger partial charge in [-0.2, -0.15) is 22.7 Å². The summed E-state index contributed by atoms with van der Waals surface area (Å²) in [5.74, 6) is -1.13. The van der Waals surface area contributed by atoms with E-state index in [-0.39, 0.29) is 29.6 Å². The van der Waals surface area contributed by atoms with Crippen LogP contribution >= 0.6 is 0 Å². The molecule has 2 N–H and O–H groups in total. The topological polar surface area (TPSA) is 120 Å². The van der Waals surface area contributed by atoms with Gasteiger partial charge in [0, 0.05) is 18.7 Å². The van der Waals surface area contributed by atoms with Crippen LogP contribution in [0.2, 0.25) is 0 Å². The molecule has 0 aromatic heterocycles. The molecule has 0 amide bonds. The Bertz CT molecular complexity index is 1240. The number of ether oxygens (including phenoxy) is 2. The molecule has 0 bridgehead atoms. The van der Waals surface area contributed by atoms with Crippen molar-refractivity contribution >= 4 is 10.0 Å². The predicted octanol–water partition coefficient (Wildman–Crippen LogP) is 2.93. The van der Waals surface area contributed by atoms with E-state index >= 15 is 0 Å². The van der Waals surface area contributed by atoms with Crippen LogP contribution in [-0.4, -0.2) is 60.9 Å². The number of sulfonamides is 1. The zero-order valence-corrected chi connectivity index (χ0v) is 20.1. The van der Waals surface area contributed by atoms with E-state index in [9.17, 15) is 36.2 Å². The maximum absolute atomic E-state index is 14.3. The van der Waals surface area contributed by atoms with Crippen molar-refractivity contribution in [2.24, 2.45) is 5.92 Å². The van der Waals surface area contributed by atoms with E-state index in [2.05, 4.69) is 0 Å². The first-order chi connectivity index (χ1) is 16.7. The molecule has 36 heavy (non-hydrogen) atoms. The molecule has 2 aromatic rings. The molecule has 0 aliphatic carbocycles. The largest absolute Gasteiger partial charge is 0.489 e. The monoisotopic (exact) mass is 532 g/mol. The van der Waals surface area contributed by atoms with Gasteiger partial charge in [-0.15, -0.1) is 0 Å². The molecule has 2 aromatic carbocycles. The summed E-state index contributed by atoms with van der Waals surface area (Å²) in [7, 11) is -4.39. The van der Waals surface area contributed by atoms with Crippen LogP contribution in [0.4, 0.5) is 17.6 Å². The summed E-state index contributed by atoms with van der Waals surface area (Å²) in [6, 6.07) is 6.46. The molecule has 1 heterocycles. The minimum Gasteiger partial charge on any atom is -0.489 e. The van der Waals surface area contributed by atoms with Gasteiger partial charge in [-0.1, -0.05) is 13.8 Å². The third-order valence-corrected chi connectivity index (χ3v) is 7.33. The van der Waals surface area contributed by atoms with Gasteiger partial charge < -0.3 is 19.7 Å². The number of nitrogens with zero attached hydrogens (tertiary/aromatic N) is 2. The lowest BCUT2D eigenvalue weighted by Gasteiger charge is -2.28. The van der Waals surface area contributed by atoms with E-state index < -0.39 is 63.9 Å². The Morgan fingerprint density at radius 3 is 2.39 bits per heavy atom. The fourth-order valence-electron chi connectivity index (χ4n) is 3.51. The molecule has 3 rings (SSSR count). The van der Waals surface area contributed by atoms with Crippen molar-refractivity contribution < 1.29 is 45.7 Å². The standard InChI is InChI=1S/C23H24F4N2O6S/c1-14(2)11-34-19-7-15(9-28)18(24)8-20(19)35-21-10-29(12-22(21,31)13-30)36(32,33)17-5-3-16(4-6-17)23(25,26)27/h3-8,14,21,30-31H,10-13H2,1-2H3/t21-,22+/m0/s1. The highest BCUT2D eigenvalue weighted by molar-refractivity contribution is 7.89. The zero-order chi connectivity index (χ0) is 26.9. The van der Waals surface area contributed by atoms with Crippen molar-refractivity contribution in [3.05, 3.63) is 53.3 Å². The Balaban J connectivity index is 1.91. The zero-order valence-electron chi connectivity index (χ0n) is 19.3. The summed E-state index contributed by atoms with van der Waals surface area (Å²) in [6.45, 7) is 1.79. The molecule has 1 aliphatic heterocycles. The second-order valence-corrected chi connectivity index (χ2v) is 10.7. The quantitative estimate of drug-likeness (QED) is 0.502. The van der Waals surface area contributed by atoms with Crippen molar-refractivity contribution in [2.45, 2.75) is 36.6 Å². The molecule has 1 fully saturated rings. The van der Waals surface area contributed by atoms with Gasteiger partial charge in [0.15, 0.2) is 11.5 Å². The Morgan fingerprint density at radius 1 is 1.22 bits per heavy atom. The minimum absolute atomic E-state index is 0.0222. The van der Waals surface area contributed by atoms with Crippen molar-refractivity contribution in [3.63, 3.8) is 0 Å². The lowest BCUT2D eigenvalue weighted by Crippen LogP contribution is -2.48. The molecule has 2 atom stereocenters. The number of rotatable bonds is 8. The van der Waals surface area contributed by atoms with E-state index in [1.165, 1.54) is 0 Å². The SMILES string of the molecule is CC(C)COc1cc(C#N)c(F)cc1O[C@H]1CN(S(=O)(=O)c2ccc(C(F)(F)F)cc2)C[C@@]1(O)CO. The van der Waals surface area contributed by atoms with Gasteiger partial charge in [0.1, 0.15) is 23.6 Å². The molecule has 8 nitrogen and oxygen atoms in total. The molecule has 196 valence electrons. The number of benzene rings is 2. The van der Waals surface area contributed by atoms with Crippen molar-refractivity contribution in [2.75, 3.05) is 26.3 Å². The lowest BCUT2D eigenvalue weighted by atomic mass is 10.0. The Kier molecular flexibility index (Phi) is 7.85. The first kappa shape index (κ1) is 27.7. The van der Waals surface area contributed by atoms with Crippen LogP contribution in [-0.2, 0) is 16.2 Å². The predicted molar refractivity (Wildman–Crippen MR) is 118 cm³/mol. The molecular weight excluding hydrogens is 508 g/mol. The van der Waals surface area contributed by atoms with Gasteiger partial charge in [0.05, 0.1) is 35.8 Å². The van der Waals surface area contributed by atoms with Crippen LogP contribution in [0.25, 0.3) is 0 Å². The summed E-state index contributed by atoms with van der Waals surface area (Å²) < 4.78 is 91.0.